The van der Waals surface area contributed by atoms with Crippen LogP contribution in [0.4, 0.5) is 9.18 Å². The Bertz CT molecular complexity index is 383. The molecule has 1 fully saturated rings. The minimum atomic E-state index is -0.505. The number of hydrogen-bond acceptors (Lipinski definition) is 2. The molecule has 1 N–H and O–H groups in total. The Morgan fingerprint density at radius 2 is 2.36 bits per heavy atom. The highest BCUT2D eigenvalue weighted by molar-refractivity contribution is 9.10. The number of alkyl carbamates (subject to hydrolysis) is 1. The van der Waals surface area contributed by atoms with E-state index in [4.69, 9.17) is 0 Å². The van der Waals surface area contributed by atoms with Crippen LogP contribution in [0.25, 0.3) is 0 Å². The first-order chi connectivity index (χ1) is 6.68. The molecule has 0 radical (unpaired) electrons. The molecule has 5 heteroatoms. The lowest BCUT2D eigenvalue weighted by Gasteiger charge is -2.09. The summed E-state index contributed by atoms with van der Waals surface area (Å²) in [6, 6.07) is 4.56. The fourth-order valence-electron chi connectivity index (χ4n) is 1.34. The number of amides is 1. The van der Waals surface area contributed by atoms with Gasteiger partial charge in [0.25, 0.3) is 0 Å². The molecule has 0 spiro atoms. The summed E-state index contributed by atoms with van der Waals surface area (Å²) in [5.74, 6) is -0.358. The molecule has 1 aliphatic rings. The predicted octanol–water partition coefficient (Wildman–Crippen LogP) is 2.37. The molecule has 14 heavy (non-hydrogen) atoms. The summed E-state index contributed by atoms with van der Waals surface area (Å²) in [7, 11) is 0. The molecule has 1 saturated heterocycles. The molecular formula is C9H7BrFNO2. The highest BCUT2D eigenvalue weighted by Crippen LogP contribution is 2.25. The molecule has 0 saturated carbocycles. The molecule has 1 atom stereocenters. The van der Waals surface area contributed by atoms with E-state index >= 15 is 0 Å². The number of benzene rings is 1. The summed E-state index contributed by atoms with van der Waals surface area (Å²) >= 11 is 3.08. The van der Waals surface area contributed by atoms with Crippen molar-refractivity contribution in [2.45, 2.75) is 6.04 Å². The molecule has 2 rings (SSSR count). The highest BCUT2D eigenvalue weighted by Gasteiger charge is 2.26. The largest absolute Gasteiger partial charge is 0.447 e. The van der Waals surface area contributed by atoms with Crippen molar-refractivity contribution in [1.29, 1.82) is 0 Å². The van der Waals surface area contributed by atoms with E-state index in [-0.39, 0.29) is 18.5 Å². The fourth-order valence-corrected chi connectivity index (χ4v) is 1.72. The second-order valence-corrected chi connectivity index (χ2v) is 3.79. The first-order valence-electron chi connectivity index (χ1n) is 4.05. The molecule has 1 aliphatic heterocycles. The second kappa shape index (κ2) is 3.57. The Morgan fingerprint density at radius 1 is 1.57 bits per heavy atom. The summed E-state index contributed by atoms with van der Waals surface area (Å²) in [5.41, 5.74) is 0.435. The summed E-state index contributed by atoms with van der Waals surface area (Å²) in [5, 5.41) is 2.52. The number of carbonyl (C=O) groups is 1. The van der Waals surface area contributed by atoms with Gasteiger partial charge in [0.05, 0.1) is 10.5 Å². The molecule has 1 amide bonds. The Labute approximate surface area is 88.4 Å². The number of ether oxygens (including phenoxy) is 1. The van der Waals surface area contributed by atoms with Gasteiger partial charge in [-0.3, -0.25) is 0 Å². The van der Waals surface area contributed by atoms with Crippen molar-refractivity contribution >= 4 is 22.0 Å². The predicted molar refractivity (Wildman–Crippen MR) is 51.3 cm³/mol. The van der Waals surface area contributed by atoms with Crippen molar-refractivity contribution in [2.24, 2.45) is 0 Å². The van der Waals surface area contributed by atoms with Gasteiger partial charge in [-0.2, -0.15) is 0 Å². The van der Waals surface area contributed by atoms with Crippen LogP contribution in [0.2, 0.25) is 0 Å². The van der Waals surface area contributed by atoms with Crippen molar-refractivity contribution in [3.8, 4) is 0 Å². The quantitative estimate of drug-likeness (QED) is 0.841. The van der Waals surface area contributed by atoms with E-state index < -0.39 is 6.09 Å². The number of halogens is 2. The van der Waals surface area contributed by atoms with Crippen LogP contribution in [0.5, 0.6) is 0 Å². The normalized spacial score (nSPS) is 20.4. The Morgan fingerprint density at radius 3 is 3.00 bits per heavy atom. The maximum Gasteiger partial charge on any atom is 0.407 e. The smallest absolute Gasteiger partial charge is 0.407 e. The van der Waals surface area contributed by atoms with Crippen LogP contribution >= 0.6 is 15.9 Å². The van der Waals surface area contributed by atoms with Gasteiger partial charge < -0.3 is 10.1 Å². The van der Waals surface area contributed by atoms with Gasteiger partial charge in [-0.25, -0.2) is 9.18 Å². The Kier molecular flexibility index (Phi) is 2.41. The third-order valence-corrected chi connectivity index (χ3v) is 2.64. The minimum absolute atomic E-state index is 0.173. The summed E-state index contributed by atoms with van der Waals surface area (Å²) in [4.78, 5) is 10.8. The fraction of sp³-hybridized carbons (Fsp3) is 0.222. The first kappa shape index (κ1) is 9.45. The maximum atomic E-state index is 13.5. The first-order valence-corrected chi connectivity index (χ1v) is 4.85. The second-order valence-electron chi connectivity index (χ2n) is 2.94. The van der Waals surface area contributed by atoms with Gasteiger partial charge in [0, 0.05) is 5.56 Å². The van der Waals surface area contributed by atoms with Crippen LogP contribution < -0.4 is 5.32 Å². The number of hydrogen-bond donors (Lipinski definition) is 1. The topological polar surface area (TPSA) is 38.3 Å². The van der Waals surface area contributed by atoms with Gasteiger partial charge in [-0.15, -0.1) is 0 Å². The number of rotatable bonds is 1. The van der Waals surface area contributed by atoms with Gasteiger partial charge in [0.1, 0.15) is 12.4 Å². The molecule has 1 heterocycles. The average Bonchev–Trinajstić information content (AvgIpc) is 2.57. The molecular weight excluding hydrogens is 253 g/mol. The van der Waals surface area contributed by atoms with E-state index in [0.29, 0.717) is 10.0 Å². The number of cyclic esters (lactones) is 1. The van der Waals surface area contributed by atoms with E-state index in [1.165, 1.54) is 0 Å². The van der Waals surface area contributed by atoms with Crippen molar-refractivity contribution in [3.05, 3.63) is 34.1 Å². The van der Waals surface area contributed by atoms with E-state index in [1.54, 1.807) is 18.2 Å². The SMILES string of the molecule is O=C1N[C@@H](c2cccc(Br)c2F)CO1. The molecule has 3 nitrogen and oxygen atoms in total. The van der Waals surface area contributed by atoms with E-state index in [0.717, 1.165) is 0 Å². The zero-order valence-corrected chi connectivity index (χ0v) is 8.67. The minimum Gasteiger partial charge on any atom is -0.447 e. The molecule has 74 valence electrons. The molecule has 0 unspecified atom stereocenters. The van der Waals surface area contributed by atoms with Crippen LogP contribution in [0.1, 0.15) is 11.6 Å². The van der Waals surface area contributed by atoms with Crippen LogP contribution in [0.3, 0.4) is 0 Å². The average molecular weight is 260 g/mol. The third-order valence-electron chi connectivity index (χ3n) is 2.03. The maximum absolute atomic E-state index is 13.5. The molecule has 1 aromatic carbocycles. The van der Waals surface area contributed by atoms with E-state index in [9.17, 15) is 9.18 Å². The lowest BCUT2D eigenvalue weighted by Crippen LogP contribution is -2.19. The number of carbonyl (C=O) groups excluding carboxylic acids is 1. The van der Waals surface area contributed by atoms with Crippen LogP contribution in [-0.2, 0) is 4.74 Å². The zero-order valence-electron chi connectivity index (χ0n) is 7.09. The standard InChI is InChI=1S/C9H7BrFNO2/c10-6-3-1-2-5(8(6)11)7-4-14-9(13)12-7/h1-3,7H,4H2,(H,12,13)/t7-/m1/s1. The van der Waals surface area contributed by atoms with Gasteiger partial charge in [-0.05, 0) is 22.0 Å². The van der Waals surface area contributed by atoms with Gasteiger partial charge in [-0.1, -0.05) is 12.1 Å². The Hall–Kier alpha value is -1.10. The molecule has 0 bridgehead atoms. The summed E-state index contributed by atoms with van der Waals surface area (Å²) in [6.07, 6.45) is -0.505. The van der Waals surface area contributed by atoms with Crippen LogP contribution in [0, 0.1) is 5.82 Å². The summed E-state index contributed by atoms with van der Waals surface area (Å²) in [6.45, 7) is 0.173. The molecule has 0 aromatic heterocycles. The van der Waals surface area contributed by atoms with Crippen molar-refractivity contribution in [1.82, 2.24) is 5.32 Å². The monoisotopic (exact) mass is 259 g/mol. The summed E-state index contributed by atoms with van der Waals surface area (Å²) < 4.78 is 18.6. The van der Waals surface area contributed by atoms with E-state index in [2.05, 4.69) is 26.0 Å². The van der Waals surface area contributed by atoms with Crippen molar-refractivity contribution in [3.63, 3.8) is 0 Å². The van der Waals surface area contributed by atoms with Crippen LogP contribution in [-0.4, -0.2) is 12.7 Å². The van der Waals surface area contributed by atoms with Gasteiger partial charge in [0.2, 0.25) is 0 Å². The number of nitrogens with one attached hydrogen (secondary N) is 1. The lowest BCUT2D eigenvalue weighted by atomic mass is 10.1. The van der Waals surface area contributed by atoms with Crippen molar-refractivity contribution in [2.75, 3.05) is 6.61 Å². The highest BCUT2D eigenvalue weighted by atomic mass is 79.9. The van der Waals surface area contributed by atoms with Gasteiger partial charge >= 0.3 is 6.09 Å². The van der Waals surface area contributed by atoms with E-state index in [1.807, 2.05) is 0 Å². The molecule has 1 aromatic rings. The lowest BCUT2D eigenvalue weighted by molar-refractivity contribution is 0.176. The van der Waals surface area contributed by atoms with Gasteiger partial charge in [0.15, 0.2) is 0 Å². The zero-order chi connectivity index (χ0) is 10.1. The third kappa shape index (κ3) is 1.59. The van der Waals surface area contributed by atoms with Crippen molar-refractivity contribution < 1.29 is 13.9 Å². The molecule has 0 aliphatic carbocycles. The Balaban J connectivity index is 2.32. The van der Waals surface area contributed by atoms with Crippen LogP contribution in [0.15, 0.2) is 22.7 Å².